The average Bonchev–Trinajstić information content (AvgIpc) is 3.20. The molecule has 0 aliphatic carbocycles. The van der Waals surface area contributed by atoms with Gasteiger partial charge in [0.25, 0.3) is 0 Å². The summed E-state index contributed by atoms with van der Waals surface area (Å²) in [6.07, 6.45) is 1.83. The quantitative estimate of drug-likeness (QED) is 0.702. The molecule has 1 aliphatic heterocycles. The molecule has 1 aromatic carbocycles. The topological polar surface area (TPSA) is 44.0 Å². The van der Waals surface area contributed by atoms with Crippen LogP contribution in [0.4, 0.5) is 0 Å². The molecular formula is C20H20N4S. The molecule has 2 aromatic heterocycles. The molecule has 3 heterocycles. The summed E-state index contributed by atoms with van der Waals surface area (Å²) in [4.78, 5) is 10.3. The van der Waals surface area contributed by atoms with Crippen LogP contribution in [0.3, 0.4) is 0 Å². The minimum absolute atomic E-state index is 0.0236. The fourth-order valence-electron chi connectivity index (χ4n) is 3.39. The molecule has 4 rings (SSSR count). The maximum Gasteiger partial charge on any atom is 0.170 e. The number of H-pyrrole nitrogens is 1. The van der Waals surface area contributed by atoms with Crippen molar-refractivity contribution in [2.24, 2.45) is 0 Å². The van der Waals surface area contributed by atoms with Gasteiger partial charge in [0.15, 0.2) is 5.11 Å². The Morgan fingerprint density at radius 3 is 2.52 bits per heavy atom. The molecule has 4 nitrogen and oxygen atoms in total. The van der Waals surface area contributed by atoms with Crippen molar-refractivity contribution >= 4 is 17.3 Å². The molecule has 2 N–H and O–H groups in total. The van der Waals surface area contributed by atoms with Crippen molar-refractivity contribution in [1.82, 2.24) is 20.2 Å². The number of hydrogen-bond donors (Lipinski definition) is 2. The summed E-state index contributed by atoms with van der Waals surface area (Å²) in [6, 6.07) is 20.8. The Morgan fingerprint density at radius 2 is 1.84 bits per heavy atom. The number of hydrogen-bond acceptors (Lipinski definition) is 2. The second kappa shape index (κ2) is 6.69. The summed E-state index contributed by atoms with van der Waals surface area (Å²) >= 11 is 5.67. The molecule has 0 bridgehead atoms. The Balaban J connectivity index is 1.72. The van der Waals surface area contributed by atoms with Crippen LogP contribution >= 0.6 is 12.2 Å². The van der Waals surface area contributed by atoms with E-state index in [2.05, 4.69) is 69.6 Å². The van der Waals surface area contributed by atoms with Gasteiger partial charge in [0.05, 0.1) is 17.8 Å². The largest absolute Gasteiger partial charge is 0.361 e. The molecule has 1 saturated heterocycles. The van der Waals surface area contributed by atoms with Crippen molar-refractivity contribution in [2.45, 2.75) is 25.6 Å². The number of nitrogens with zero attached hydrogens (tertiary/aromatic N) is 2. The first-order valence-corrected chi connectivity index (χ1v) is 8.81. The van der Waals surface area contributed by atoms with Crippen LogP contribution in [0.25, 0.3) is 0 Å². The molecule has 25 heavy (non-hydrogen) atoms. The first kappa shape index (κ1) is 15.8. The summed E-state index contributed by atoms with van der Waals surface area (Å²) in [6.45, 7) is 2.83. The number of aryl methyl sites for hydroxylation is 1. The normalized spacial score (nSPS) is 19.9. The van der Waals surface area contributed by atoms with Crippen LogP contribution < -0.4 is 5.32 Å². The highest BCUT2D eigenvalue weighted by atomic mass is 32.1. The molecular weight excluding hydrogens is 328 g/mol. The third-order valence-corrected chi connectivity index (χ3v) is 4.92. The van der Waals surface area contributed by atoms with Crippen molar-refractivity contribution in [3.8, 4) is 0 Å². The highest BCUT2D eigenvalue weighted by Crippen LogP contribution is 2.38. The lowest BCUT2D eigenvalue weighted by molar-refractivity contribution is 0.306. The van der Waals surface area contributed by atoms with Gasteiger partial charge in [-0.05, 0) is 49.0 Å². The van der Waals surface area contributed by atoms with Gasteiger partial charge in [-0.25, -0.2) is 0 Å². The summed E-state index contributed by atoms with van der Waals surface area (Å²) in [5, 5.41) is 4.23. The Labute approximate surface area is 152 Å². The fraction of sp³-hybridized carbons (Fsp3) is 0.200. The predicted molar refractivity (Wildman–Crippen MR) is 103 cm³/mol. The number of nitrogens with one attached hydrogen (secondary N) is 2. The van der Waals surface area contributed by atoms with E-state index in [4.69, 9.17) is 12.2 Å². The van der Waals surface area contributed by atoms with Gasteiger partial charge in [0.1, 0.15) is 0 Å². The predicted octanol–water partition coefficient (Wildman–Crippen LogP) is 3.89. The lowest BCUT2D eigenvalue weighted by Gasteiger charge is -2.27. The number of pyridine rings is 1. The van der Waals surface area contributed by atoms with E-state index in [0.29, 0.717) is 0 Å². The molecule has 0 saturated carbocycles. The third kappa shape index (κ3) is 3.15. The number of aromatic nitrogens is 2. The van der Waals surface area contributed by atoms with Crippen LogP contribution in [0.5, 0.6) is 0 Å². The van der Waals surface area contributed by atoms with Gasteiger partial charge < -0.3 is 15.2 Å². The standard InChI is InChI=1S/C20H20N4S/c1-14-10-11-17(22-14)19-18(16-9-5-6-12-21-16)23-20(25)24(19)13-15-7-3-2-4-8-15/h2-12,18-19,22H,13H2,1H3,(H,23,25)/t18-,19+/m0/s1. The molecule has 0 unspecified atom stereocenters. The van der Waals surface area contributed by atoms with E-state index in [-0.39, 0.29) is 12.1 Å². The van der Waals surface area contributed by atoms with E-state index in [1.165, 1.54) is 5.56 Å². The fourth-order valence-corrected chi connectivity index (χ4v) is 3.70. The van der Waals surface area contributed by atoms with Crippen molar-refractivity contribution in [3.63, 3.8) is 0 Å². The van der Waals surface area contributed by atoms with E-state index in [0.717, 1.165) is 28.7 Å². The van der Waals surface area contributed by atoms with Gasteiger partial charge in [-0.15, -0.1) is 0 Å². The second-order valence-electron chi connectivity index (χ2n) is 6.34. The molecule has 2 atom stereocenters. The van der Waals surface area contributed by atoms with Crippen molar-refractivity contribution in [1.29, 1.82) is 0 Å². The molecule has 1 aliphatic rings. The highest BCUT2D eigenvalue weighted by molar-refractivity contribution is 7.80. The van der Waals surface area contributed by atoms with E-state index in [1.807, 2.05) is 24.4 Å². The van der Waals surface area contributed by atoms with Crippen LogP contribution in [0.15, 0.2) is 66.9 Å². The summed E-state index contributed by atoms with van der Waals surface area (Å²) < 4.78 is 0. The van der Waals surface area contributed by atoms with E-state index < -0.39 is 0 Å². The number of thiocarbonyl (C=S) groups is 1. The zero-order valence-corrected chi connectivity index (χ0v) is 14.8. The van der Waals surface area contributed by atoms with Gasteiger partial charge in [0.2, 0.25) is 0 Å². The van der Waals surface area contributed by atoms with Gasteiger partial charge in [-0.1, -0.05) is 36.4 Å². The Hall–Kier alpha value is -2.66. The monoisotopic (exact) mass is 348 g/mol. The van der Waals surface area contributed by atoms with Gasteiger partial charge in [-0.3, -0.25) is 4.98 Å². The summed E-state index contributed by atoms with van der Waals surface area (Å²) in [5.74, 6) is 0. The molecule has 126 valence electrons. The minimum Gasteiger partial charge on any atom is -0.361 e. The van der Waals surface area contributed by atoms with Crippen molar-refractivity contribution < 1.29 is 0 Å². The smallest absolute Gasteiger partial charge is 0.170 e. The highest BCUT2D eigenvalue weighted by Gasteiger charge is 2.40. The summed E-state index contributed by atoms with van der Waals surface area (Å²) in [5.41, 5.74) is 4.53. The average molecular weight is 348 g/mol. The Kier molecular flexibility index (Phi) is 4.24. The maximum absolute atomic E-state index is 5.67. The van der Waals surface area contributed by atoms with Gasteiger partial charge in [0, 0.05) is 24.1 Å². The first-order valence-electron chi connectivity index (χ1n) is 8.40. The van der Waals surface area contributed by atoms with Gasteiger partial charge in [-0.2, -0.15) is 0 Å². The van der Waals surface area contributed by atoms with Crippen LogP contribution in [0.1, 0.15) is 34.7 Å². The molecule has 0 radical (unpaired) electrons. The zero-order chi connectivity index (χ0) is 17.2. The zero-order valence-electron chi connectivity index (χ0n) is 14.0. The molecule has 5 heteroatoms. The molecule has 0 amide bonds. The van der Waals surface area contributed by atoms with Gasteiger partial charge >= 0.3 is 0 Å². The number of benzene rings is 1. The van der Waals surface area contributed by atoms with Crippen LogP contribution in [0.2, 0.25) is 0 Å². The van der Waals surface area contributed by atoms with Crippen molar-refractivity contribution in [2.75, 3.05) is 0 Å². The van der Waals surface area contributed by atoms with E-state index >= 15 is 0 Å². The van der Waals surface area contributed by atoms with Crippen LogP contribution in [0, 0.1) is 6.92 Å². The van der Waals surface area contributed by atoms with Crippen molar-refractivity contribution in [3.05, 3.63) is 89.5 Å². The molecule has 0 spiro atoms. The van der Waals surface area contributed by atoms with E-state index in [1.54, 1.807) is 0 Å². The minimum atomic E-state index is 0.0236. The number of aromatic amines is 1. The van der Waals surface area contributed by atoms with Crippen LogP contribution in [-0.2, 0) is 6.54 Å². The molecule has 3 aromatic rings. The Morgan fingerprint density at radius 1 is 1.04 bits per heavy atom. The lowest BCUT2D eigenvalue weighted by atomic mass is 10.0. The molecule has 1 fully saturated rings. The second-order valence-corrected chi connectivity index (χ2v) is 6.72. The SMILES string of the molecule is Cc1ccc([C@@H]2[C@H](c3ccccn3)NC(=S)N2Cc2ccccc2)[nH]1. The first-order chi connectivity index (χ1) is 12.2. The third-order valence-electron chi connectivity index (χ3n) is 4.57. The van der Waals surface area contributed by atoms with Crippen LogP contribution in [-0.4, -0.2) is 20.0 Å². The Bertz CT molecular complexity index is 860. The lowest BCUT2D eigenvalue weighted by Crippen LogP contribution is -2.29. The summed E-state index contributed by atoms with van der Waals surface area (Å²) in [7, 11) is 0. The number of rotatable bonds is 4. The van der Waals surface area contributed by atoms with E-state index in [9.17, 15) is 0 Å². The maximum atomic E-state index is 5.67.